The first-order chi connectivity index (χ1) is 4.99. The maximum absolute atomic E-state index is 4.55. The van der Waals surface area contributed by atoms with Crippen molar-refractivity contribution in [2.24, 2.45) is 0 Å². The van der Waals surface area contributed by atoms with Gasteiger partial charge in [-0.25, -0.2) is 4.63 Å². The Bertz CT molecular complexity index is 240. The van der Waals surface area contributed by atoms with E-state index in [2.05, 4.69) is 39.6 Å². The molecule has 0 amide bonds. The van der Waals surface area contributed by atoms with Crippen molar-refractivity contribution >= 4 is 14.1 Å². The first-order valence-corrected chi connectivity index (χ1v) is 7.06. The highest BCUT2D eigenvalue weighted by Crippen LogP contribution is 2.11. The number of rotatable bonds is 2. The minimum absolute atomic E-state index is 0.782. The molecule has 0 saturated heterocycles. The Morgan fingerprint density at radius 2 is 1.91 bits per heavy atom. The SMILES string of the molecule is Cc1nonc1N[Si](C)(C)C. The van der Waals surface area contributed by atoms with Gasteiger partial charge in [0.1, 0.15) is 13.9 Å². The minimum Gasteiger partial charge on any atom is -0.392 e. The van der Waals surface area contributed by atoms with E-state index < -0.39 is 8.24 Å². The van der Waals surface area contributed by atoms with E-state index in [0.29, 0.717) is 0 Å². The molecule has 0 atom stereocenters. The number of nitrogens with zero attached hydrogens (tertiary/aromatic N) is 2. The number of aromatic nitrogens is 2. The molecule has 0 fully saturated rings. The summed E-state index contributed by atoms with van der Waals surface area (Å²) in [6, 6.07) is 0. The molecule has 0 bridgehead atoms. The maximum atomic E-state index is 4.55. The second-order valence-electron chi connectivity index (χ2n) is 3.57. The zero-order valence-corrected chi connectivity index (χ0v) is 8.30. The van der Waals surface area contributed by atoms with Gasteiger partial charge in [-0.2, -0.15) is 0 Å². The zero-order valence-electron chi connectivity index (χ0n) is 7.30. The Labute approximate surface area is 67.0 Å². The fraction of sp³-hybridized carbons (Fsp3) is 0.667. The number of hydrogen-bond donors (Lipinski definition) is 1. The predicted octanol–water partition coefficient (Wildman–Crippen LogP) is 1.62. The van der Waals surface area contributed by atoms with Crippen LogP contribution in [0.15, 0.2) is 4.63 Å². The fourth-order valence-corrected chi connectivity index (χ4v) is 1.64. The Hall–Kier alpha value is -0.843. The normalized spacial score (nSPS) is 11.6. The number of nitrogens with one attached hydrogen (secondary N) is 1. The van der Waals surface area contributed by atoms with Crippen molar-refractivity contribution in [3.8, 4) is 0 Å². The maximum Gasteiger partial charge on any atom is 0.185 e. The first kappa shape index (κ1) is 8.26. The summed E-state index contributed by atoms with van der Waals surface area (Å²) >= 11 is 0. The molecule has 0 unspecified atom stereocenters. The quantitative estimate of drug-likeness (QED) is 0.687. The molecule has 0 aliphatic carbocycles. The standard InChI is InChI=1S/C6H13N3OSi/c1-5-6(8-10-7-5)9-11(2,3)4/h1-4H3,(H,8,9). The molecule has 62 valence electrons. The molecule has 0 aliphatic heterocycles. The number of anilines is 1. The van der Waals surface area contributed by atoms with Gasteiger partial charge >= 0.3 is 0 Å². The lowest BCUT2D eigenvalue weighted by molar-refractivity contribution is 0.306. The van der Waals surface area contributed by atoms with Crippen LogP contribution in [-0.2, 0) is 0 Å². The van der Waals surface area contributed by atoms with E-state index in [9.17, 15) is 0 Å². The van der Waals surface area contributed by atoms with Crippen LogP contribution in [0.4, 0.5) is 5.82 Å². The lowest BCUT2D eigenvalue weighted by atomic mass is 10.5. The van der Waals surface area contributed by atoms with Crippen molar-refractivity contribution in [3.05, 3.63) is 5.69 Å². The van der Waals surface area contributed by atoms with Gasteiger partial charge in [0.2, 0.25) is 0 Å². The van der Waals surface area contributed by atoms with Gasteiger partial charge in [-0.15, -0.1) is 0 Å². The van der Waals surface area contributed by atoms with Crippen molar-refractivity contribution in [2.45, 2.75) is 26.6 Å². The molecule has 11 heavy (non-hydrogen) atoms. The highest BCUT2D eigenvalue weighted by molar-refractivity contribution is 6.79. The van der Waals surface area contributed by atoms with Crippen LogP contribution in [0, 0.1) is 6.92 Å². The molecule has 1 N–H and O–H groups in total. The summed E-state index contributed by atoms with van der Waals surface area (Å²) in [6.45, 7) is 8.46. The third-order valence-corrected chi connectivity index (χ3v) is 2.13. The minimum atomic E-state index is -1.31. The summed E-state index contributed by atoms with van der Waals surface area (Å²) in [7, 11) is -1.31. The summed E-state index contributed by atoms with van der Waals surface area (Å²) in [5, 5.41) is 7.41. The van der Waals surface area contributed by atoms with E-state index in [1.165, 1.54) is 0 Å². The molecule has 0 saturated carbocycles. The summed E-state index contributed by atoms with van der Waals surface area (Å²) < 4.78 is 4.55. The highest BCUT2D eigenvalue weighted by Gasteiger charge is 2.16. The smallest absolute Gasteiger partial charge is 0.185 e. The van der Waals surface area contributed by atoms with Crippen LogP contribution in [0.5, 0.6) is 0 Å². The third kappa shape index (κ3) is 2.34. The first-order valence-electron chi connectivity index (χ1n) is 3.56. The number of hydrogen-bond acceptors (Lipinski definition) is 4. The van der Waals surface area contributed by atoms with Crippen molar-refractivity contribution in [1.82, 2.24) is 10.3 Å². The molecule has 0 spiro atoms. The van der Waals surface area contributed by atoms with Crippen molar-refractivity contribution in [3.63, 3.8) is 0 Å². The fourth-order valence-electron chi connectivity index (χ4n) is 0.700. The molecule has 1 rings (SSSR count). The molecule has 1 aromatic rings. The molecular weight excluding hydrogens is 158 g/mol. The average Bonchev–Trinajstić information content (AvgIpc) is 2.12. The van der Waals surface area contributed by atoms with Gasteiger partial charge < -0.3 is 4.98 Å². The van der Waals surface area contributed by atoms with Gasteiger partial charge in [0, 0.05) is 0 Å². The van der Waals surface area contributed by atoms with E-state index in [4.69, 9.17) is 0 Å². The van der Waals surface area contributed by atoms with Crippen LogP contribution in [-0.4, -0.2) is 18.5 Å². The Balaban J connectivity index is 2.72. The molecule has 1 aromatic heterocycles. The molecule has 1 heterocycles. The summed E-state index contributed by atoms with van der Waals surface area (Å²) in [6.07, 6.45) is 0. The zero-order chi connectivity index (χ0) is 8.48. The van der Waals surface area contributed by atoms with E-state index in [0.717, 1.165) is 11.5 Å². The van der Waals surface area contributed by atoms with Crippen LogP contribution in [0.2, 0.25) is 19.6 Å². The van der Waals surface area contributed by atoms with Gasteiger partial charge in [-0.1, -0.05) is 24.8 Å². The predicted molar refractivity (Wildman–Crippen MR) is 46.0 cm³/mol. The Morgan fingerprint density at radius 1 is 1.27 bits per heavy atom. The van der Waals surface area contributed by atoms with Gasteiger partial charge in [0.15, 0.2) is 5.82 Å². The van der Waals surface area contributed by atoms with Crippen LogP contribution < -0.4 is 4.98 Å². The molecule has 0 radical (unpaired) electrons. The summed E-state index contributed by atoms with van der Waals surface area (Å²) in [4.78, 5) is 3.30. The largest absolute Gasteiger partial charge is 0.392 e. The number of aryl methyl sites for hydroxylation is 1. The van der Waals surface area contributed by atoms with Crippen LogP contribution in [0.1, 0.15) is 5.69 Å². The Morgan fingerprint density at radius 3 is 2.27 bits per heavy atom. The topological polar surface area (TPSA) is 51.0 Å². The third-order valence-electron chi connectivity index (χ3n) is 1.15. The second kappa shape index (κ2) is 2.65. The van der Waals surface area contributed by atoms with Gasteiger partial charge in [0.05, 0.1) is 0 Å². The van der Waals surface area contributed by atoms with Gasteiger partial charge in [0.25, 0.3) is 0 Å². The van der Waals surface area contributed by atoms with Crippen LogP contribution in [0.25, 0.3) is 0 Å². The van der Waals surface area contributed by atoms with Crippen molar-refractivity contribution < 1.29 is 4.63 Å². The molecule has 4 nitrogen and oxygen atoms in total. The van der Waals surface area contributed by atoms with E-state index in [-0.39, 0.29) is 0 Å². The average molecular weight is 171 g/mol. The van der Waals surface area contributed by atoms with E-state index in [1.54, 1.807) is 0 Å². The molecule has 5 heteroatoms. The lowest BCUT2D eigenvalue weighted by Gasteiger charge is -2.16. The molecular formula is C6H13N3OSi. The van der Waals surface area contributed by atoms with E-state index >= 15 is 0 Å². The van der Waals surface area contributed by atoms with Gasteiger partial charge in [-0.05, 0) is 12.1 Å². The summed E-state index contributed by atoms with van der Waals surface area (Å²) in [5.41, 5.74) is 0.826. The van der Waals surface area contributed by atoms with Crippen molar-refractivity contribution in [2.75, 3.05) is 4.98 Å². The van der Waals surface area contributed by atoms with Crippen LogP contribution in [0.3, 0.4) is 0 Å². The highest BCUT2D eigenvalue weighted by atomic mass is 28.3. The van der Waals surface area contributed by atoms with Crippen LogP contribution >= 0.6 is 0 Å². The lowest BCUT2D eigenvalue weighted by Crippen LogP contribution is -2.32. The summed E-state index contributed by atoms with van der Waals surface area (Å²) in [5.74, 6) is 0.782. The Kier molecular flexibility index (Phi) is 1.99. The second-order valence-corrected chi connectivity index (χ2v) is 8.32. The molecule has 0 aromatic carbocycles. The monoisotopic (exact) mass is 171 g/mol. The molecule has 0 aliphatic rings. The van der Waals surface area contributed by atoms with Gasteiger partial charge in [-0.3, -0.25) is 0 Å². The van der Waals surface area contributed by atoms with E-state index in [1.807, 2.05) is 6.92 Å². The van der Waals surface area contributed by atoms with Crippen molar-refractivity contribution in [1.29, 1.82) is 0 Å².